The van der Waals surface area contributed by atoms with Gasteiger partial charge in [-0.3, -0.25) is 0 Å². The van der Waals surface area contributed by atoms with E-state index >= 15 is 0 Å². The van der Waals surface area contributed by atoms with E-state index in [1.165, 1.54) is 9.65 Å². The van der Waals surface area contributed by atoms with Crippen molar-refractivity contribution in [2.45, 2.75) is 0 Å². The Morgan fingerprint density at radius 1 is 1.00 bits per heavy atom. The number of non-ortho nitro benzene ring substituents is 1. The summed E-state index contributed by atoms with van der Waals surface area (Å²) < 4.78 is 2.42. The van der Waals surface area contributed by atoms with Crippen LogP contribution in [0.3, 0.4) is 0 Å². The van der Waals surface area contributed by atoms with E-state index in [4.69, 9.17) is 0 Å². The second-order valence-corrected chi connectivity index (χ2v) is 5.81. The van der Waals surface area contributed by atoms with E-state index in [0.717, 1.165) is 9.65 Å². The monoisotopic (exact) mass is 277 g/mol. The maximum atomic E-state index is 10.7. The van der Waals surface area contributed by atoms with E-state index in [9.17, 15) is 10.1 Å². The van der Waals surface area contributed by atoms with Crippen LogP contribution in [-0.4, -0.2) is 19.4 Å². The van der Waals surface area contributed by atoms with Crippen LogP contribution in [0, 0.1) is 10.1 Å². The number of rotatable bonds is 1. The molecule has 1 aromatic heterocycles. The molecule has 2 aromatic carbocycles. The molecule has 0 aliphatic heterocycles. The fraction of sp³-hybridized carbons (Fsp3) is 0. The molecule has 4 heteroatoms. The first-order chi connectivity index (χ1) is 7.75. The average molecular weight is 276 g/mol. The first-order valence-corrected chi connectivity index (χ1v) is 6.53. The van der Waals surface area contributed by atoms with E-state index in [-0.39, 0.29) is 25.1 Å². The molecule has 0 saturated carbocycles. The predicted molar refractivity (Wildman–Crippen MR) is 65.0 cm³/mol. The van der Waals surface area contributed by atoms with Crippen molar-refractivity contribution in [1.82, 2.24) is 0 Å². The van der Waals surface area contributed by atoms with Gasteiger partial charge < -0.3 is 0 Å². The molecule has 0 atom stereocenters. The van der Waals surface area contributed by atoms with Crippen molar-refractivity contribution in [3.63, 3.8) is 0 Å². The molecular formula is C12H7NO2Se. The molecule has 0 amide bonds. The molecule has 16 heavy (non-hydrogen) atoms. The third-order valence-electron chi connectivity index (χ3n) is 2.57. The molecule has 0 unspecified atom stereocenters. The summed E-state index contributed by atoms with van der Waals surface area (Å²) in [4.78, 5) is 10.4. The Hall–Kier alpha value is -1.64. The molecule has 0 radical (unpaired) electrons. The fourth-order valence-electron chi connectivity index (χ4n) is 1.83. The zero-order valence-electron chi connectivity index (χ0n) is 8.21. The Morgan fingerprint density at radius 2 is 1.75 bits per heavy atom. The summed E-state index contributed by atoms with van der Waals surface area (Å²) in [6.45, 7) is 0. The van der Waals surface area contributed by atoms with Crippen molar-refractivity contribution >= 4 is 39.5 Å². The quantitative estimate of drug-likeness (QED) is 0.389. The summed E-state index contributed by atoms with van der Waals surface area (Å²) in [7, 11) is 0. The van der Waals surface area contributed by atoms with Gasteiger partial charge in [-0.1, -0.05) is 0 Å². The summed E-state index contributed by atoms with van der Waals surface area (Å²) in [5, 5.41) is 13.1. The predicted octanol–water partition coefficient (Wildman–Crippen LogP) is 2.96. The standard InChI is InChI=1S/C12H7NO2Se/c14-13(15)8-5-6-10-9-3-1-2-4-11(9)16-12(10)7-8/h1-7H. The van der Waals surface area contributed by atoms with Crippen molar-refractivity contribution in [3.8, 4) is 0 Å². The van der Waals surface area contributed by atoms with E-state index in [1.54, 1.807) is 12.1 Å². The minimum absolute atomic E-state index is 0.188. The zero-order chi connectivity index (χ0) is 11.1. The summed E-state index contributed by atoms with van der Waals surface area (Å²) in [5.41, 5.74) is 0.188. The van der Waals surface area contributed by atoms with E-state index in [1.807, 2.05) is 18.2 Å². The number of hydrogen-bond donors (Lipinski definition) is 0. The fourth-order valence-corrected chi connectivity index (χ4v) is 4.22. The van der Waals surface area contributed by atoms with Crippen LogP contribution in [0.4, 0.5) is 5.69 Å². The normalized spacial score (nSPS) is 11.0. The third-order valence-corrected chi connectivity index (χ3v) is 4.95. The molecule has 0 N–H and O–H groups in total. The van der Waals surface area contributed by atoms with Gasteiger partial charge in [-0.15, -0.1) is 0 Å². The Bertz CT molecular complexity index is 702. The van der Waals surface area contributed by atoms with Gasteiger partial charge in [0.1, 0.15) is 0 Å². The molecule has 0 saturated heterocycles. The van der Waals surface area contributed by atoms with Gasteiger partial charge >= 0.3 is 97.0 Å². The van der Waals surface area contributed by atoms with Crippen molar-refractivity contribution in [2.75, 3.05) is 0 Å². The van der Waals surface area contributed by atoms with Crippen LogP contribution in [0.15, 0.2) is 42.5 Å². The molecule has 3 rings (SSSR count). The first kappa shape index (κ1) is 9.58. The van der Waals surface area contributed by atoms with Crippen molar-refractivity contribution < 1.29 is 4.92 Å². The minimum atomic E-state index is -0.334. The van der Waals surface area contributed by atoms with Crippen LogP contribution >= 0.6 is 0 Å². The summed E-state index contributed by atoms with van der Waals surface area (Å²) in [5.74, 6) is 0. The van der Waals surface area contributed by atoms with E-state index in [0.29, 0.717) is 0 Å². The molecular weight excluding hydrogens is 269 g/mol. The third kappa shape index (κ3) is 1.35. The Morgan fingerprint density at radius 3 is 2.56 bits per heavy atom. The zero-order valence-corrected chi connectivity index (χ0v) is 9.93. The molecule has 3 nitrogen and oxygen atoms in total. The number of nitro benzene ring substituents is 1. The summed E-state index contributed by atoms with van der Waals surface area (Å²) in [6, 6.07) is 13.3. The molecule has 0 aliphatic carbocycles. The number of hydrogen-bond acceptors (Lipinski definition) is 2. The summed E-state index contributed by atoms with van der Waals surface area (Å²) in [6.07, 6.45) is 0. The Labute approximate surface area is 97.2 Å². The van der Waals surface area contributed by atoms with Gasteiger partial charge in [0.15, 0.2) is 0 Å². The van der Waals surface area contributed by atoms with E-state index in [2.05, 4.69) is 12.1 Å². The number of fused-ring (bicyclic) bond motifs is 3. The van der Waals surface area contributed by atoms with Crippen LogP contribution < -0.4 is 0 Å². The van der Waals surface area contributed by atoms with Crippen molar-refractivity contribution in [3.05, 3.63) is 52.6 Å². The number of benzene rings is 2. The molecule has 78 valence electrons. The molecule has 1 heterocycles. The van der Waals surface area contributed by atoms with Gasteiger partial charge in [0.2, 0.25) is 0 Å². The van der Waals surface area contributed by atoms with Crippen LogP contribution in [0.5, 0.6) is 0 Å². The Kier molecular flexibility index (Phi) is 2.06. The second kappa shape index (κ2) is 3.44. The molecule has 0 spiro atoms. The van der Waals surface area contributed by atoms with Crippen LogP contribution in [0.2, 0.25) is 0 Å². The number of nitro groups is 1. The van der Waals surface area contributed by atoms with Gasteiger partial charge in [0.25, 0.3) is 0 Å². The molecule has 3 aromatic rings. The molecule has 0 aliphatic rings. The van der Waals surface area contributed by atoms with Gasteiger partial charge in [-0.25, -0.2) is 0 Å². The molecule has 0 fully saturated rings. The summed E-state index contributed by atoms with van der Waals surface area (Å²) >= 11 is 0.206. The van der Waals surface area contributed by atoms with Gasteiger partial charge in [0.05, 0.1) is 0 Å². The maximum absolute atomic E-state index is 10.7. The average Bonchev–Trinajstić information content (AvgIpc) is 2.66. The first-order valence-electron chi connectivity index (χ1n) is 4.81. The van der Waals surface area contributed by atoms with E-state index < -0.39 is 0 Å². The molecule has 0 bridgehead atoms. The Balaban J connectivity index is 2.41. The van der Waals surface area contributed by atoms with Crippen LogP contribution in [0.25, 0.3) is 19.3 Å². The van der Waals surface area contributed by atoms with Gasteiger partial charge in [0, 0.05) is 0 Å². The second-order valence-electron chi connectivity index (χ2n) is 3.54. The van der Waals surface area contributed by atoms with Gasteiger partial charge in [-0.2, -0.15) is 0 Å². The van der Waals surface area contributed by atoms with Crippen molar-refractivity contribution in [2.24, 2.45) is 0 Å². The van der Waals surface area contributed by atoms with Crippen LogP contribution in [-0.2, 0) is 0 Å². The van der Waals surface area contributed by atoms with Crippen LogP contribution in [0.1, 0.15) is 0 Å². The topological polar surface area (TPSA) is 43.1 Å². The number of nitrogens with zero attached hydrogens (tertiary/aromatic N) is 1. The van der Waals surface area contributed by atoms with Gasteiger partial charge in [-0.05, 0) is 0 Å². The SMILES string of the molecule is O=[N+]([O-])c1ccc2c(c1)[se]c1ccccc12. The van der Waals surface area contributed by atoms with Crippen molar-refractivity contribution in [1.29, 1.82) is 0 Å².